The summed E-state index contributed by atoms with van der Waals surface area (Å²) in [7, 11) is 1.60. The topological polar surface area (TPSA) is 9.23 Å². The molecule has 1 aromatic carbocycles. The van der Waals surface area contributed by atoms with Gasteiger partial charge < -0.3 is 4.74 Å². The number of thioether (sulfide) groups is 1. The van der Waals surface area contributed by atoms with Gasteiger partial charge in [0.05, 0.1) is 12.0 Å². The van der Waals surface area contributed by atoms with Gasteiger partial charge in [-0.25, -0.2) is 0 Å². The Kier molecular flexibility index (Phi) is 4.96. The Bertz CT molecular complexity index is 348. The first-order valence-electron chi connectivity index (χ1n) is 3.66. The lowest BCUT2D eigenvalue weighted by molar-refractivity contribution is 0.405. The van der Waals surface area contributed by atoms with Crippen molar-refractivity contribution in [3.8, 4) is 5.75 Å². The maximum absolute atomic E-state index is 5.80. The fraction of sp³-hybridized carbons (Fsp3) is 0.111. The van der Waals surface area contributed by atoms with Crippen LogP contribution in [0.1, 0.15) is 0 Å². The quantitative estimate of drug-likeness (QED) is 0.740. The Hall–Kier alpha value is -0.0200. The van der Waals surface area contributed by atoms with E-state index in [9.17, 15) is 0 Å². The van der Waals surface area contributed by atoms with Crippen LogP contribution in [0.2, 0.25) is 0 Å². The number of hydrogen-bond acceptors (Lipinski definition) is 2. The van der Waals surface area contributed by atoms with E-state index in [1.807, 2.05) is 24.3 Å². The lowest BCUT2D eigenvalue weighted by Gasteiger charge is -2.06. The van der Waals surface area contributed by atoms with Gasteiger partial charge in [0.25, 0.3) is 0 Å². The van der Waals surface area contributed by atoms with E-state index in [1.54, 1.807) is 7.11 Å². The zero-order chi connectivity index (χ0) is 10.6. The molecule has 5 heteroatoms. The third-order valence-corrected chi connectivity index (χ3v) is 3.57. The van der Waals surface area contributed by atoms with E-state index < -0.39 is 0 Å². The van der Waals surface area contributed by atoms with Gasteiger partial charge in [0.1, 0.15) is 14.6 Å². The minimum atomic E-state index is 0.0579. The second-order valence-corrected chi connectivity index (χ2v) is 4.89. The van der Waals surface area contributed by atoms with Crippen LogP contribution in [0.5, 0.6) is 5.75 Å². The second kappa shape index (κ2) is 5.76. The van der Waals surface area contributed by atoms with Crippen molar-refractivity contribution >= 4 is 46.6 Å². The van der Waals surface area contributed by atoms with Gasteiger partial charge in [0.2, 0.25) is 0 Å². The van der Waals surface area contributed by atoms with Gasteiger partial charge in [0.15, 0.2) is 0 Å². The standard InChI is InChI=1S/C9H7Cl3OS/c1-13-6-4-2-3-5-7(6)14-9(12)8(10)11/h2-5H,1H3. The summed E-state index contributed by atoms with van der Waals surface area (Å²) in [6, 6.07) is 7.48. The molecular weight excluding hydrogens is 263 g/mol. The molecule has 0 N–H and O–H groups in total. The van der Waals surface area contributed by atoms with E-state index in [1.165, 1.54) is 11.8 Å². The van der Waals surface area contributed by atoms with Gasteiger partial charge in [-0.1, -0.05) is 58.7 Å². The van der Waals surface area contributed by atoms with Crippen LogP contribution < -0.4 is 4.74 Å². The van der Waals surface area contributed by atoms with Crippen LogP contribution in [0, 0.1) is 0 Å². The van der Waals surface area contributed by atoms with Crippen molar-refractivity contribution in [1.82, 2.24) is 0 Å². The van der Waals surface area contributed by atoms with Crippen molar-refractivity contribution in [2.45, 2.75) is 4.90 Å². The molecule has 1 rings (SSSR count). The molecule has 0 aliphatic carbocycles. The molecule has 1 nitrogen and oxygen atoms in total. The molecule has 0 atom stereocenters. The molecule has 0 spiro atoms. The lowest BCUT2D eigenvalue weighted by Crippen LogP contribution is -1.84. The van der Waals surface area contributed by atoms with Crippen LogP contribution in [0.25, 0.3) is 0 Å². The van der Waals surface area contributed by atoms with Gasteiger partial charge in [-0.3, -0.25) is 0 Å². The fourth-order valence-electron chi connectivity index (χ4n) is 0.838. The average molecular weight is 270 g/mol. The Labute approximate surface area is 102 Å². The smallest absolute Gasteiger partial charge is 0.132 e. The van der Waals surface area contributed by atoms with Crippen molar-refractivity contribution in [2.75, 3.05) is 7.11 Å². The van der Waals surface area contributed by atoms with E-state index in [0.29, 0.717) is 4.36 Å². The minimum Gasteiger partial charge on any atom is -0.496 e. The maximum atomic E-state index is 5.80. The summed E-state index contributed by atoms with van der Waals surface area (Å²) < 4.78 is 5.53. The highest BCUT2D eigenvalue weighted by atomic mass is 35.5. The molecule has 0 aromatic heterocycles. The number of methoxy groups -OCH3 is 1. The predicted octanol–water partition coefficient (Wildman–Crippen LogP) is 4.63. The lowest BCUT2D eigenvalue weighted by atomic mass is 10.3. The zero-order valence-electron chi connectivity index (χ0n) is 7.26. The van der Waals surface area contributed by atoms with Gasteiger partial charge >= 0.3 is 0 Å². The highest BCUT2D eigenvalue weighted by molar-refractivity contribution is 8.04. The number of hydrogen-bond donors (Lipinski definition) is 0. The van der Waals surface area contributed by atoms with E-state index in [2.05, 4.69) is 0 Å². The Morgan fingerprint density at radius 1 is 1.21 bits per heavy atom. The summed E-state index contributed by atoms with van der Waals surface area (Å²) in [5, 5.41) is 0. The number of halogens is 3. The molecule has 0 bridgehead atoms. The largest absolute Gasteiger partial charge is 0.496 e. The SMILES string of the molecule is COc1ccccc1SC(Cl)=C(Cl)Cl. The second-order valence-electron chi connectivity index (χ2n) is 2.29. The van der Waals surface area contributed by atoms with Crippen LogP contribution in [-0.2, 0) is 0 Å². The molecule has 0 amide bonds. The number of para-hydroxylation sites is 1. The number of rotatable bonds is 3. The van der Waals surface area contributed by atoms with Gasteiger partial charge in [0, 0.05) is 0 Å². The maximum Gasteiger partial charge on any atom is 0.132 e. The molecule has 14 heavy (non-hydrogen) atoms. The molecule has 0 saturated heterocycles. The molecule has 0 heterocycles. The molecule has 1 aromatic rings. The van der Waals surface area contributed by atoms with Crippen molar-refractivity contribution in [3.05, 3.63) is 33.1 Å². The van der Waals surface area contributed by atoms with Crippen molar-refractivity contribution in [1.29, 1.82) is 0 Å². The van der Waals surface area contributed by atoms with Gasteiger partial charge in [-0.05, 0) is 12.1 Å². The molecule has 0 fully saturated rings. The van der Waals surface area contributed by atoms with Crippen molar-refractivity contribution in [3.63, 3.8) is 0 Å². The van der Waals surface area contributed by atoms with Crippen LogP contribution >= 0.6 is 46.6 Å². The summed E-state index contributed by atoms with van der Waals surface area (Å²) in [4.78, 5) is 0.874. The summed E-state index contributed by atoms with van der Waals surface area (Å²) in [6.07, 6.45) is 0. The molecule has 0 aliphatic rings. The van der Waals surface area contributed by atoms with E-state index in [0.717, 1.165) is 10.6 Å². The molecule has 76 valence electrons. The Balaban J connectivity index is 2.91. The molecule has 0 radical (unpaired) electrons. The molecular formula is C9H7Cl3OS. The molecule has 0 saturated carbocycles. The number of ether oxygens (including phenoxy) is 1. The highest BCUT2D eigenvalue weighted by Gasteiger charge is 2.06. The zero-order valence-corrected chi connectivity index (χ0v) is 10.3. The van der Waals surface area contributed by atoms with E-state index in [-0.39, 0.29) is 4.49 Å². The Morgan fingerprint density at radius 2 is 1.86 bits per heavy atom. The number of benzene rings is 1. The first-order valence-corrected chi connectivity index (χ1v) is 5.62. The van der Waals surface area contributed by atoms with Gasteiger partial charge in [-0.2, -0.15) is 0 Å². The molecule has 0 unspecified atom stereocenters. The predicted molar refractivity (Wildman–Crippen MR) is 63.4 cm³/mol. The van der Waals surface area contributed by atoms with Crippen LogP contribution in [0.15, 0.2) is 38.0 Å². The Morgan fingerprint density at radius 3 is 2.43 bits per heavy atom. The van der Waals surface area contributed by atoms with Crippen LogP contribution in [0.4, 0.5) is 0 Å². The van der Waals surface area contributed by atoms with Crippen molar-refractivity contribution in [2.24, 2.45) is 0 Å². The van der Waals surface area contributed by atoms with Gasteiger partial charge in [-0.15, -0.1) is 0 Å². The van der Waals surface area contributed by atoms with E-state index >= 15 is 0 Å². The third-order valence-electron chi connectivity index (χ3n) is 1.42. The fourth-order valence-corrected chi connectivity index (χ4v) is 1.99. The monoisotopic (exact) mass is 268 g/mol. The summed E-state index contributed by atoms with van der Waals surface area (Å²) in [6.45, 7) is 0. The van der Waals surface area contributed by atoms with Crippen molar-refractivity contribution < 1.29 is 4.74 Å². The molecule has 0 aliphatic heterocycles. The minimum absolute atomic E-state index is 0.0579. The third kappa shape index (κ3) is 3.28. The summed E-state index contributed by atoms with van der Waals surface area (Å²) in [5.74, 6) is 0.741. The van der Waals surface area contributed by atoms with Crippen LogP contribution in [-0.4, -0.2) is 7.11 Å². The summed E-state index contributed by atoms with van der Waals surface area (Å²) in [5.41, 5.74) is 0. The summed E-state index contributed by atoms with van der Waals surface area (Å²) >= 11 is 18.1. The first-order chi connectivity index (χ1) is 6.65. The normalized spacial score (nSPS) is 9.71. The highest BCUT2D eigenvalue weighted by Crippen LogP contribution is 2.39. The first kappa shape index (κ1) is 12.1. The van der Waals surface area contributed by atoms with E-state index in [4.69, 9.17) is 39.5 Å². The average Bonchev–Trinajstić information content (AvgIpc) is 2.18. The van der Waals surface area contributed by atoms with Crippen LogP contribution in [0.3, 0.4) is 0 Å².